The fraction of sp³-hybridized carbons (Fsp3) is 0.692. The fourth-order valence-corrected chi connectivity index (χ4v) is 1.62. The van der Waals surface area contributed by atoms with Crippen molar-refractivity contribution in [3.63, 3.8) is 0 Å². The summed E-state index contributed by atoms with van der Waals surface area (Å²) in [5, 5.41) is 3.43. The molecule has 15 heavy (non-hydrogen) atoms. The molecule has 0 bridgehead atoms. The molecule has 1 N–H and O–H groups in total. The van der Waals surface area contributed by atoms with Gasteiger partial charge < -0.3 is 9.73 Å². The van der Waals surface area contributed by atoms with Gasteiger partial charge in [0, 0.05) is 5.41 Å². The first-order chi connectivity index (χ1) is 7.06. The molecule has 1 heterocycles. The Labute approximate surface area is 93.1 Å². The molecule has 0 aliphatic carbocycles. The Morgan fingerprint density at radius 3 is 2.53 bits per heavy atom. The lowest BCUT2D eigenvalue weighted by Gasteiger charge is -2.22. The molecule has 0 amide bonds. The molecular weight excluding hydrogens is 186 g/mol. The molecule has 1 aromatic rings. The molecule has 0 saturated carbocycles. The van der Waals surface area contributed by atoms with E-state index in [0.29, 0.717) is 0 Å². The molecule has 0 atom stereocenters. The van der Waals surface area contributed by atoms with Gasteiger partial charge in [-0.05, 0) is 45.0 Å². The van der Waals surface area contributed by atoms with Gasteiger partial charge in [0.1, 0.15) is 11.5 Å². The summed E-state index contributed by atoms with van der Waals surface area (Å²) in [6.07, 6.45) is 2.31. The first kappa shape index (κ1) is 12.3. The summed E-state index contributed by atoms with van der Waals surface area (Å²) in [6.45, 7) is 10.8. The second kappa shape index (κ2) is 5.36. The van der Waals surface area contributed by atoms with Crippen LogP contribution in [0.4, 0.5) is 0 Å². The molecule has 0 aliphatic rings. The van der Waals surface area contributed by atoms with E-state index >= 15 is 0 Å². The Morgan fingerprint density at radius 2 is 2.00 bits per heavy atom. The third kappa shape index (κ3) is 3.71. The van der Waals surface area contributed by atoms with E-state index in [4.69, 9.17) is 4.42 Å². The van der Waals surface area contributed by atoms with Crippen LogP contribution in [0.2, 0.25) is 0 Å². The summed E-state index contributed by atoms with van der Waals surface area (Å²) in [7, 11) is 0. The van der Waals surface area contributed by atoms with Crippen LogP contribution in [-0.2, 0) is 5.41 Å². The van der Waals surface area contributed by atoms with Crippen molar-refractivity contribution in [3.05, 3.63) is 23.7 Å². The molecule has 2 nitrogen and oxygen atoms in total. The Bertz CT molecular complexity index is 288. The standard InChI is InChI=1S/C13H23NO/c1-5-9-14-10-8-13(3,4)12-7-6-11(2)15-12/h6-7,14H,5,8-10H2,1-4H3. The second-order valence-electron chi connectivity index (χ2n) is 4.79. The number of rotatable bonds is 6. The van der Waals surface area contributed by atoms with Crippen molar-refractivity contribution in [1.82, 2.24) is 5.32 Å². The van der Waals surface area contributed by atoms with Gasteiger partial charge in [0.25, 0.3) is 0 Å². The zero-order valence-electron chi connectivity index (χ0n) is 10.4. The number of furan rings is 1. The topological polar surface area (TPSA) is 25.2 Å². The molecule has 2 heteroatoms. The first-order valence-corrected chi connectivity index (χ1v) is 5.84. The van der Waals surface area contributed by atoms with Crippen LogP contribution in [0.15, 0.2) is 16.5 Å². The molecule has 1 rings (SSSR count). The highest BCUT2D eigenvalue weighted by atomic mass is 16.3. The quantitative estimate of drug-likeness (QED) is 0.727. The van der Waals surface area contributed by atoms with Crippen molar-refractivity contribution >= 4 is 0 Å². The zero-order valence-corrected chi connectivity index (χ0v) is 10.4. The van der Waals surface area contributed by atoms with Crippen molar-refractivity contribution in [1.29, 1.82) is 0 Å². The maximum absolute atomic E-state index is 5.68. The van der Waals surface area contributed by atoms with Gasteiger partial charge in [-0.15, -0.1) is 0 Å². The zero-order chi connectivity index (χ0) is 11.3. The van der Waals surface area contributed by atoms with E-state index in [1.54, 1.807) is 0 Å². The van der Waals surface area contributed by atoms with Crippen molar-refractivity contribution < 1.29 is 4.42 Å². The summed E-state index contributed by atoms with van der Waals surface area (Å²) >= 11 is 0. The van der Waals surface area contributed by atoms with Crippen LogP contribution in [-0.4, -0.2) is 13.1 Å². The second-order valence-corrected chi connectivity index (χ2v) is 4.79. The van der Waals surface area contributed by atoms with Gasteiger partial charge >= 0.3 is 0 Å². The lowest BCUT2D eigenvalue weighted by atomic mass is 9.86. The SMILES string of the molecule is CCCNCCC(C)(C)c1ccc(C)o1. The Morgan fingerprint density at radius 1 is 1.27 bits per heavy atom. The summed E-state index contributed by atoms with van der Waals surface area (Å²) in [5.41, 5.74) is 0.134. The van der Waals surface area contributed by atoms with E-state index in [2.05, 4.69) is 32.2 Å². The predicted molar refractivity (Wildman–Crippen MR) is 64.2 cm³/mol. The van der Waals surface area contributed by atoms with Crippen molar-refractivity contribution in [3.8, 4) is 0 Å². The van der Waals surface area contributed by atoms with Crippen molar-refractivity contribution in [2.45, 2.75) is 46.0 Å². The van der Waals surface area contributed by atoms with E-state index in [9.17, 15) is 0 Å². The molecule has 0 unspecified atom stereocenters. The Kier molecular flexibility index (Phi) is 4.40. The molecule has 0 aromatic carbocycles. The molecule has 0 saturated heterocycles. The van der Waals surface area contributed by atoms with Gasteiger partial charge in [-0.3, -0.25) is 0 Å². The number of hydrogen-bond acceptors (Lipinski definition) is 2. The predicted octanol–water partition coefficient (Wildman–Crippen LogP) is 3.26. The van der Waals surface area contributed by atoms with Gasteiger partial charge in [0.2, 0.25) is 0 Å². The highest BCUT2D eigenvalue weighted by molar-refractivity contribution is 5.14. The van der Waals surface area contributed by atoms with Gasteiger partial charge in [0.05, 0.1) is 0 Å². The molecule has 0 radical (unpaired) electrons. The van der Waals surface area contributed by atoms with Crippen molar-refractivity contribution in [2.75, 3.05) is 13.1 Å². The monoisotopic (exact) mass is 209 g/mol. The number of nitrogens with one attached hydrogen (secondary N) is 1. The summed E-state index contributed by atoms with van der Waals surface area (Å²) in [5.74, 6) is 2.10. The van der Waals surface area contributed by atoms with Crippen LogP contribution in [0.1, 0.15) is 45.1 Å². The average Bonchev–Trinajstić information content (AvgIpc) is 2.60. The van der Waals surface area contributed by atoms with Crippen LogP contribution in [0.3, 0.4) is 0 Å². The fourth-order valence-electron chi connectivity index (χ4n) is 1.62. The lowest BCUT2D eigenvalue weighted by molar-refractivity contribution is 0.350. The smallest absolute Gasteiger partial charge is 0.109 e. The van der Waals surface area contributed by atoms with Crippen LogP contribution in [0.5, 0.6) is 0 Å². The lowest BCUT2D eigenvalue weighted by Crippen LogP contribution is -2.25. The first-order valence-electron chi connectivity index (χ1n) is 5.84. The van der Waals surface area contributed by atoms with E-state index in [0.717, 1.165) is 31.0 Å². The molecule has 0 spiro atoms. The van der Waals surface area contributed by atoms with Gasteiger partial charge in [-0.2, -0.15) is 0 Å². The minimum absolute atomic E-state index is 0.134. The largest absolute Gasteiger partial charge is 0.466 e. The van der Waals surface area contributed by atoms with Crippen LogP contribution in [0.25, 0.3) is 0 Å². The summed E-state index contributed by atoms with van der Waals surface area (Å²) in [4.78, 5) is 0. The maximum atomic E-state index is 5.68. The van der Waals surface area contributed by atoms with Gasteiger partial charge in [-0.1, -0.05) is 20.8 Å². The van der Waals surface area contributed by atoms with Crippen molar-refractivity contribution in [2.24, 2.45) is 0 Å². The summed E-state index contributed by atoms with van der Waals surface area (Å²) in [6, 6.07) is 4.13. The highest BCUT2D eigenvalue weighted by Crippen LogP contribution is 2.27. The maximum Gasteiger partial charge on any atom is 0.109 e. The molecule has 0 fully saturated rings. The minimum Gasteiger partial charge on any atom is -0.466 e. The molecule has 1 aromatic heterocycles. The highest BCUT2D eigenvalue weighted by Gasteiger charge is 2.23. The number of aryl methyl sites for hydroxylation is 1. The van der Waals surface area contributed by atoms with E-state index < -0.39 is 0 Å². The van der Waals surface area contributed by atoms with Crippen LogP contribution >= 0.6 is 0 Å². The molecule has 86 valence electrons. The van der Waals surface area contributed by atoms with Crippen LogP contribution < -0.4 is 5.32 Å². The minimum atomic E-state index is 0.134. The third-order valence-corrected chi connectivity index (χ3v) is 2.76. The van der Waals surface area contributed by atoms with Gasteiger partial charge in [-0.25, -0.2) is 0 Å². The third-order valence-electron chi connectivity index (χ3n) is 2.76. The molecular formula is C13H23NO. The molecule has 0 aliphatic heterocycles. The normalized spacial score (nSPS) is 12.0. The Balaban J connectivity index is 2.44. The van der Waals surface area contributed by atoms with E-state index in [-0.39, 0.29) is 5.41 Å². The summed E-state index contributed by atoms with van der Waals surface area (Å²) < 4.78 is 5.68. The van der Waals surface area contributed by atoms with Gasteiger partial charge in [0.15, 0.2) is 0 Å². The number of hydrogen-bond donors (Lipinski definition) is 1. The van der Waals surface area contributed by atoms with E-state index in [1.165, 1.54) is 6.42 Å². The average molecular weight is 209 g/mol. The Hall–Kier alpha value is -0.760. The van der Waals surface area contributed by atoms with Crippen LogP contribution in [0, 0.1) is 6.92 Å². The van der Waals surface area contributed by atoms with E-state index in [1.807, 2.05) is 13.0 Å².